The van der Waals surface area contributed by atoms with Crippen LogP contribution in [0.2, 0.25) is 0 Å². The first-order valence-corrected chi connectivity index (χ1v) is 10.8. The Morgan fingerprint density at radius 2 is 1.71 bits per heavy atom. The summed E-state index contributed by atoms with van der Waals surface area (Å²) in [5, 5.41) is 13.8. The number of nitrogens with zero attached hydrogens (tertiary/aromatic N) is 4. The lowest BCUT2D eigenvalue weighted by Crippen LogP contribution is -2.31. The van der Waals surface area contributed by atoms with E-state index in [0.29, 0.717) is 36.0 Å². The Kier molecular flexibility index (Phi) is 6.90. The molecule has 0 saturated heterocycles. The van der Waals surface area contributed by atoms with Crippen molar-refractivity contribution in [2.75, 3.05) is 32.5 Å². The van der Waals surface area contributed by atoms with Gasteiger partial charge in [0.2, 0.25) is 16.0 Å². The smallest absolute Gasteiger partial charge is 0.269 e. The molecule has 11 heteroatoms. The lowest BCUT2D eigenvalue weighted by Gasteiger charge is -2.11. The summed E-state index contributed by atoms with van der Waals surface area (Å²) in [6, 6.07) is 14.0. The molecular weight excluding hydrogens is 420 g/mol. The minimum Gasteiger partial charge on any atom is -0.324 e. The number of nitro groups is 1. The minimum absolute atomic E-state index is 0.00222. The number of likely N-dealkylation sites (N-methyl/N-ethyl adjacent to an activating group) is 1. The Hall–Kier alpha value is -3.41. The van der Waals surface area contributed by atoms with Crippen LogP contribution in [0.5, 0.6) is 0 Å². The van der Waals surface area contributed by atoms with Crippen molar-refractivity contribution in [3.8, 4) is 11.3 Å². The van der Waals surface area contributed by atoms with Crippen LogP contribution in [0.1, 0.15) is 0 Å². The third-order valence-corrected chi connectivity index (χ3v) is 5.78. The van der Waals surface area contributed by atoms with Crippen molar-refractivity contribution in [1.82, 2.24) is 19.6 Å². The highest BCUT2D eigenvalue weighted by Crippen LogP contribution is 2.22. The number of aromatic nitrogens is 2. The molecule has 0 saturated carbocycles. The Morgan fingerprint density at radius 1 is 1.03 bits per heavy atom. The first-order chi connectivity index (χ1) is 14.7. The second-order valence-corrected chi connectivity index (χ2v) is 8.69. The van der Waals surface area contributed by atoms with Gasteiger partial charge in [-0.3, -0.25) is 10.1 Å². The van der Waals surface area contributed by atoms with Gasteiger partial charge in [0.05, 0.1) is 15.5 Å². The fourth-order valence-corrected chi connectivity index (χ4v) is 3.69. The van der Waals surface area contributed by atoms with Gasteiger partial charge >= 0.3 is 0 Å². The zero-order valence-electron chi connectivity index (χ0n) is 17.0. The van der Waals surface area contributed by atoms with Gasteiger partial charge in [0, 0.05) is 42.7 Å². The van der Waals surface area contributed by atoms with E-state index in [1.54, 1.807) is 36.5 Å². The standard InChI is InChI=1S/C20H22N6O4S/c1-25(2)14-13-22-31(29,30)18-9-5-16(6-10-18)23-20-21-12-11-19(24-20)15-3-7-17(8-4-15)26(27)28/h3-12,22H,13-14H2,1-2H3,(H,21,23,24). The highest BCUT2D eigenvalue weighted by Gasteiger charge is 2.13. The van der Waals surface area contributed by atoms with Crippen LogP contribution in [0, 0.1) is 10.1 Å². The SMILES string of the molecule is CN(C)CCNS(=O)(=O)c1ccc(Nc2nccc(-c3ccc([N+](=O)[O-])cc3)n2)cc1. The molecule has 0 aliphatic carbocycles. The largest absolute Gasteiger partial charge is 0.324 e. The number of hydrogen-bond donors (Lipinski definition) is 2. The van der Waals surface area contributed by atoms with Gasteiger partial charge in [0.15, 0.2) is 0 Å². The first kappa shape index (κ1) is 22.3. The van der Waals surface area contributed by atoms with Crippen molar-refractivity contribution in [3.63, 3.8) is 0 Å². The second kappa shape index (κ2) is 9.60. The zero-order chi connectivity index (χ0) is 22.4. The van der Waals surface area contributed by atoms with Gasteiger partial charge in [0.1, 0.15) is 0 Å². The van der Waals surface area contributed by atoms with E-state index in [4.69, 9.17) is 0 Å². The maximum Gasteiger partial charge on any atom is 0.269 e. The predicted octanol–water partition coefficient (Wildman–Crippen LogP) is 2.64. The van der Waals surface area contributed by atoms with Crippen LogP contribution in [0.3, 0.4) is 0 Å². The fraction of sp³-hybridized carbons (Fsp3) is 0.200. The number of nitro benzene ring substituents is 1. The number of anilines is 2. The summed E-state index contributed by atoms with van der Waals surface area (Å²) in [5.41, 5.74) is 1.92. The molecule has 0 fully saturated rings. The van der Waals surface area contributed by atoms with E-state index in [1.807, 2.05) is 19.0 Å². The summed E-state index contributed by atoms with van der Waals surface area (Å²) < 4.78 is 27.2. The Bertz CT molecular complexity index is 1150. The van der Waals surface area contributed by atoms with E-state index >= 15 is 0 Å². The molecule has 0 radical (unpaired) electrons. The molecule has 3 aromatic rings. The maximum atomic E-state index is 12.3. The number of hydrogen-bond acceptors (Lipinski definition) is 8. The average molecular weight is 443 g/mol. The molecule has 0 aliphatic heterocycles. The Balaban J connectivity index is 1.70. The van der Waals surface area contributed by atoms with Crippen LogP contribution in [-0.4, -0.2) is 55.4 Å². The summed E-state index contributed by atoms with van der Waals surface area (Å²) in [7, 11) is 0.155. The van der Waals surface area contributed by atoms with Gasteiger partial charge in [-0.25, -0.2) is 23.1 Å². The summed E-state index contributed by atoms with van der Waals surface area (Å²) >= 11 is 0. The number of rotatable bonds is 9. The molecule has 2 N–H and O–H groups in total. The summed E-state index contributed by atoms with van der Waals surface area (Å²) in [6.45, 7) is 0.917. The highest BCUT2D eigenvalue weighted by molar-refractivity contribution is 7.89. The molecule has 162 valence electrons. The molecule has 0 amide bonds. The fourth-order valence-electron chi connectivity index (χ4n) is 2.67. The van der Waals surface area contributed by atoms with Gasteiger partial charge in [-0.2, -0.15) is 0 Å². The lowest BCUT2D eigenvalue weighted by atomic mass is 10.1. The predicted molar refractivity (Wildman–Crippen MR) is 118 cm³/mol. The van der Waals surface area contributed by atoms with Gasteiger partial charge in [-0.05, 0) is 56.6 Å². The van der Waals surface area contributed by atoms with Gasteiger partial charge in [-0.1, -0.05) is 0 Å². The highest BCUT2D eigenvalue weighted by atomic mass is 32.2. The van der Waals surface area contributed by atoms with Crippen LogP contribution in [0.25, 0.3) is 11.3 Å². The first-order valence-electron chi connectivity index (χ1n) is 9.34. The molecule has 1 aromatic heterocycles. The molecule has 0 bridgehead atoms. The van der Waals surface area contributed by atoms with Crippen LogP contribution in [-0.2, 0) is 10.0 Å². The number of benzene rings is 2. The minimum atomic E-state index is -3.58. The molecule has 2 aromatic carbocycles. The topological polar surface area (TPSA) is 130 Å². The van der Waals surface area contributed by atoms with Crippen LogP contribution < -0.4 is 10.0 Å². The molecule has 0 spiro atoms. The Labute approximate surface area is 180 Å². The quantitative estimate of drug-likeness (QED) is 0.382. The molecular formula is C20H22N6O4S. The van der Waals surface area contributed by atoms with Crippen molar-refractivity contribution < 1.29 is 13.3 Å². The van der Waals surface area contributed by atoms with Gasteiger partial charge < -0.3 is 10.2 Å². The summed E-state index contributed by atoms with van der Waals surface area (Å²) in [6.07, 6.45) is 1.57. The average Bonchev–Trinajstić information content (AvgIpc) is 2.74. The van der Waals surface area contributed by atoms with Crippen LogP contribution >= 0.6 is 0 Å². The van der Waals surface area contributed by atoms with E-state index in [-0.39, 0.29) is 10.6 Å². The van der Waals surface area contributed by atoms with E-state index in [2.05, 4.69) is 20.0 Å². The normalized spacial score (nSPS) is 11.5. The molecule has 0 aliphatic rings. The van der Waals surface area contributed by atoms with E-state index in [9.17, 15) is 18.5 Å². The van der Waals surface area contributed by atoms with E-state index < -0.39 is 14.9 Å². The van der Waals surface area contributed by atoms with Crippen molar-refractivity contribution >= 4 is 27.3 Å². The molecule has 31 heavy (non-hydrogen) atoms. The molecule has 0 unspecified atom stereocenters. The number of sulfonamides is 1. The summed E-state index contributed by atoms with van der Waals surface area (Å²) in [5.74, 6) is 0.315. The van der Waals surface area contributed by atoms with Gasteiger partial charge in [0.25, 0.3) is 5.69 Å². The zero-order valence-corrected chi connectivity index (χ0v) is 17.8. The molecule has 1 heterocycles. The second-order valence-electron chi connectivity index (χ2n) is 6.92. The van der Waals surface area contributed by atoms with Gasteiger partial charge in [-0.15, -0.1) is 0 Å². The molecule has 0 atom stereocenters. The van der Waals surface area contributed by atoms with E-state index in [0.717, 1.165) is 0 Å². The van der Waals surface area contributed by atoms with E-state index in [1.165, 1.54) is 24.3 Å². The monoisotopic (exact) mass is 442 g/mol. The summed E-state index contributed by atoms with van der Waals surface area (Å²) in [4.78, 5) is 21.0. The van der Waals surface area contributed by atoms with Crippen molar-refractivity contribution in [3.05, 3.63) is 70.9 Å². The lowest BCUT2D eigenvalue weighted by molar-refractivity contribution is -0.384. The van der Waals surface area contributed by atoms with Crippen LogP contribution in [0.4, 0.5) is 17.3 Å². The van der Waals surface area contributed by atoms with Crippen molar-refractivity contribution in [1.29, 1.82) is 0 Å². The number of non-ortho nitro benzene ring substituents is 1. The van der Waals surface area contributed by atoms with Crippen molar-refractivity contribution in [2.24, 2.45) is 0 Å². The molecule has 3 rings (SSSR count). The molecule has 10 nitrogen and oxygen atoms in total. The number of nitrogens with one attached hydrogen (secondary N) is 2. The third-order valence-electron chi connectivity index (χ3n) is 4.30. The Morgan fingerprint density at radius 3 is 2.32 bits per heavy atom. The third kappa shape index (κ3) is 6.04. The maximum absolute atomic E-state index is 12.3. The van der Waals surface area contributed by atoms with Crippen LogP contribution in [0.15, 0.2) is 65.7 Å². The van der Waals surface area contributed by atoms with Crippen molar-refractivity contribution in [2.45, 2.75) is 4.90 Å².